The predicted molar refractivity (Wildman–Crippen MR) is 83.0 cm³/mol. The second-order valence-electron chi connectivity index (χ2n) is 5.39. The van der Waals surface area contributed by atoms with E-state index in [1.54, 1.807) is 6.92 Å². The Morgan fingerprint density at radius 2 is 2.04 bits per heavy atom. The number of nitrogens with one attached hydrogen (secondary N) is 2. The molecule has 9 heteroatoms. The fourth-order valence-corrected chi connectivity index (χ4v) is 2.19. The van der Waals surface area contributed by atoms with Crippen LogP contribution in [0.3, 0.4) is 0 Å². The molecule has 0 aliphatic heterocycles. The van der Waals surface area contributed by atoms with Crippen molar-refractivity contribution in [3.05, 3.63) is 41.2 Å². The Hall–Kier alpha value is -2.84. The van der Waals surface area contributed by atoms with E-state index >= 15 is 0 Å². The Morgan fingerprint density at radius 3 is 2.68 bits per heavy atom. The third-order valence-electron chi connectivity index (χ3n) is 3.42. The van der Waals surface area contributed by atoms with E-state index in [2.05, 4.69) is 15.3 Å². The predicted octanol–water partition coefficient (Wildman–Crippen LogP) is 3.00. The number of H-pyrrole nitrogens is 1. The van der Waals surface area contributed by atoms with Gasteiger partial charge in [-0.15, -0.1) is 0 Å². The van der Waals surface area contributed by atoms with Crippen LogP contribution in [0.1, 0.15) is 34.6 Å². The number of aromatic amines is 1. The van der Waals surface area contributed by atoms with Gasteiger partial charge in [-0.1, -0.05) is 12.1 Å². The van der Waals surface area contributed by atoms with E-state index in [9.17, 15) is 22.8 Å². The Kier molecular flexibility index (Phi) is 5.45. The molecule has 0 unspecified atom stereocenters. The highest BCUT2D eigenvalue weighted by Gasteiger charge is 2.30. The number of aryl methyl sites for hydroxylation is 1. The number of imidazole rings is 1. The summed E-state index contributed by atoms with van der Waals surface area (Å²) in [5.74, 6) is -1.33. The minimum Gasteiger partial charge on any atom is -0.481 e. The molecule has 2 rings (SSSR count). The number of carboxylic acids is 1. The van der Waals surface area contributed by atoms with Crippen molar-refractivity contribution in [1.82, 2.24) is 15.3 Å². The van der Waals surface area contributed by atoms with E-state index in [0.29, 0.717) is 5.69 Å². The second kappa shape index (κ2) is 7.37. The molecule has 2 aromatic rings. The van der Waals surface area contributed by atoms with Crippen LogP contribution in [-0.4, -0.2) is 33.5 Å². The van der Waals surface area contributed by atoms with Crippen molar-refractivity contribution in [2.45, 2.75) is 25.9 Å². The van der Waals surface area contributed by atoms with Crippen LogP contribution in [0.15, 0.2) is 24.3 Å². The molecule has 1 aromatic heterocycles. The van der Waals surface area contributed by atoms with Crippen LogP contribution in [0.2, 0.25) is 0 Å². The van der Waals surface area contributed by atoms with Gasteiger partial charge in [0.1, 0.15) is 11.5 Å². The molecule has 3 N–H and O–H groups in total. The molecule has 0 saturated heterocycles. The number of halogens is 3. The summed E-state index contributed by atoms with van der Waals surface area (Å²) in [6.45, 7) is 1.74. The van der Waals surface area contributed by atoms with Crippen molar-refractivity contribution in [2.75, 3.05) is 6.54 Å². The van der Waals surface area contributed by atoms with Gasteiger partial charge in [-0.05, 0) is 25.5 Å². The lowest BCUT2D eigenvalue weighted by molar-refractivity contribution is -0.138. The lowest BCUT2D eigenvalue weighted by Gasteiger charge is -2.07. The molecule has 0 atom stereocenters. The highest BCUT2D eigenvalue weighted by atomic mass is 19.4. The largest absolute Gasteiger partial charge is 0.481 e. The summed E-state index contributed by atoms with van der Waals surface area (Å²) in [6, 6.07) is 4.63. The minimum absolute atomic E-state index is 0.0581. The molecule has 0 radical (unpaired) electrons. The Labute approximate surface area is 141 Å². The first-order valence-electron chi connectivity index (χ1n) is 7.42. The standard InChI is InChI=1S/C16H16F3N3O3/c1-9-13(15(25)20-7-3-6-12(23)24)22-14(21-9)10-4-2-5-11(8-10)16(17,18)19/h2,4-5,8H,3,6-7H2,1H3,(H,20,25)(H,21,22)(H,23,24). The maximum Gasteiger partial charge on any atom is 0.416 e. The van der Waals surface area contributed by atoms with Crippen molar-refractivity contribution < 1.29 is 27.9 Å². The zero-order valence-electron chi connectivity index (χ0n) is 13.3. The van der Waals surface area contributed by atoms with Crippen LogP contribution in [0, 0.1) is 6.92 Å². The lowest BCUT2D eigenvalue weighted by atomic mass is 10.1. The van der Waals surface area contributed by atoms with Gasteiger partial charge in [0.15, 0.2) is 0 Å². The third-order valence-corrected chi connectivity index (χ3v) is 3.42. The van der Waals surface area contributed by atoms with Gasteiger partial charge < -0.3 is 15.4 Å². The second-order valence-corrected chi connectivity index (χ2v) is 5.39. The number of carbonyl (C=O) groups excluding carboxylic acids is 1. The van der Waals surface area contributed by atoms with Crippen LogP contribution in [0.5, 0.6) is 0 Å². The molecule has 1 heterocycles. The molecule has 0 saturated carbocycles. The highest BCUT2D eigenvalue weighted by molar-refractivity contribution is 5.94. The van der Waals surface area contributed by atoms with Crippen molar-refractivity contribution in [3.8, 4) is 11.4 Å². The summed E-state index contributed by atoms with van der Waals surface area (Å²) in [4.78, 5) is 29.3. The van der Waals surface area contributed by atoms with Gasteiger partial charge in [0, 0.05) is 24.2 Å². The number of hydrogen-bond acceptors (Lipinski definition) is 3. The zero-order valence-corrected chi connectivity index (χ0v) is 13.3. The van der Waals surface area contributed by atoms with Gasteiger partial charge >= 0.3 is 12.1 Å². The van der Waals surface area contributed by atoms with Crippen LogP contribution >= 0.6 is 0 Å². The van der Waals surface area contributed by atoms with Crippen molar-refractivity contribution in [1.29, 1.82) is 0 Å². The molecular formula is C16H16F3N3O3. The van der Waals surface area contributed by atoms with E-state index in [0.717, 1.165) is 12.1 Å². The maximum absolute atomic E-state index is 12.8. The Bertz CT molecular complexity index is 784. The first-order chi connectivity index (χ1) is 11.7. The van der Waals surface area contributed by atoms with Crippen LogP contribution in [-0.2, 0) is 11.0 Å². The third kappa shape index (κ3) is 4.82. The smallest absolute Gasteiger partial charge is 0.416 e. The fraction of sp³-hybridized carbons (Fsp3) is 0.312. The molecule has 0 aliphatic rings. The summed E-state index contributed by atoms with van der Waals surface area (Å²) in [7, 11) is 0. The fourth-order valence-electron chi connectivity index (χ4n) is 2.19. The van der Waals surface area contributed by atoms with Crippen LogP contribution in [0.4, 0.5) is 13.2 Å². The number of aliphatic carboxylic acids is 1. The van der Waals surface area contributed by atoms with Crippen LogP contribution < -0.4 is 5.32 Å². The molecule has 0 spiro atoms. The Balaban J connectivity index is 2.14. The normalized spacial score (nSPS) is 11.4. The number of benzene rings is 1. The van der Waals surface area contributed by atoms with E-state index in [1.165, 1.54) is 12.1 Å². The van der Waals surface area contributed by atoms with Gasteiger partial charge in [-0.25, -0.2) is 4.98 Å². The molecule has 6 nitrogen and oxygen atoms in total. The summed E-state index contributed by atoms with van der Waals surface area (Å²) in [6.07, 6.45) is -4.28. The number of carboxylic acid groups (broad SMARTS) is 1. The number of hydrogen-bond donors (Lipinski definition) is 3. The number of alkyl halides is 3. The first kappa shape index (κ1) is 18.5. The number of carbonyl (C=O) groups is 2. The summed E-state index contributed by atoms with van der Waals surface area (Å²) >= 11 is 0. The number of rotatable bonds is 6. The summed E-state index contributed by atoms with van der Waals surface area (Å²) < 4.78 is 38.4. The van der Waals surface area contributed by atoms with E-state index in [1.807, 2.05) is 0 Å². The zero-order chi connectivity index (χ0) is 18.6. The molecule has 0 aliphatic carbocycles. The summed E-state index contributed by atoms with van der Waals surface area (Å²) in [5.41, 5.74) is -0.132. The molecular weight excluding hydrogens is 339 g/mol. The quantitative estimate of drug-likeness (QED) is 0.694. The van der Waals surface area contributed by atoms with Gasteiger partial charge in [0.25, 0.3) is 5.91 Å². The molecule has 25 heavy (non-hydrogen) atoms. The molecule has 0 fully saturated rings. The number of aromatic nitrogens is 2. The van der Waals surface area contributed by atoms with Gasteiger partial charge in [0.05, 0.1) is 5.56 Å². The number of nitrogens with zero attached hydrogens (tertiary/aromatic N) is 1. The average Bonchev–Trinajstić information content (AvgIpc) is 2.92. The van der Waals surface area contributed by atoms with Gasteiger partial charge in [-0.2, -0.15) is 13.2 Å². The summed E-state index contributed by atoms with van der Waals surface area (Å²) in [5, 5.41) is 11.1. The first-order valence-corrected chi connectivity index (χ1v) is 7.42. The molecule has 0 bridgehead atoms. The minimum atomic E-state index is -4.47. The van der Waals surface area contributed by atoms with E-state index in [-0.39, 0.29) is 36.5 Å². The highest BCUT2D eigenvalue weighted by Crippen LogP contribution is 2.31. The van der Waals surface area contributed by atoms with Crippen LogP contribution in [0.25, 0.3) is 11.4 Å². The monoisotopic (exact) mass is 355 g/mol. The lowest BCUT2D eigenvalue weighted by Crippen LogP contribution is -2.25. The SMILES string of the molecule is Cc1[nH]c(-c2cccc(C(F)(F)F)c2)nc1C(=O)NCCCC(=O)O. The van der Waals surface area contributed by atoms with Crippen molar-refractivity contribution >= 4 is 11.9 Å². The number of amides is 1. The van der Waals surface area contributed by atoms with E-state index in [4.69, 9.17) is 5.11 Å². The molecule has 1 amide bonds. The van der Waals surface area contributed by atoms with Crippen molar-refractivity contribution in [2.24, 2.45) is 0 Å². The molecule has 1 aromatic carbocycles. The maximum atomic E-state index is 12.8. The van der Waals surface area contributed by atoms with Crippen molar-refractivity contribution in [3.63, 3.8) is 0 Å². The topological polar surface area (TPSA) is 95.1 Å². The average molecular weight is 355 g/mol. The molecule has 134 valence electrons. The van der Waals surface area contributed by atoms with Gasteiger partial charge in [-0.3, -0.25) is 9.59 Å². The van der Waals surface area contributed by atoms with Gasteiger partial charge in [0.2, 0.25) is 0 Å². The van der Waals surface area contributed by atoms with E-state index < -0.39 is 23.6 Å². The Morgan fingerprint density at radius 1 is 1.32 bits per heavy atom.